The van der Waals surface area contributed by atoms with E-state index in [0.717, 1.165) is 18.2 Å². The van der Waals surface area contributed by atoms with E-state index < -0.39 is 18.0 Å². The summed E-state index contributed by atoms with van der Waals surface area (Å²) in [5, 5.41) is 8.87. The van der Waals surface area contributed by atoms with Crippen LogP contribution in [0, 0.1) is 0 Å². The van der Waals surface area contributed by atoms with E-state index in [1.807, 2.05) is 0 Å². The van der Waals surface area contributed by atoms with Gasteiger partial charge < -0.3 is 9.84 Å². The first-order valence-corrected chi connectivity index (χ1v) is 6.57. The normalized spacial score (nSPS) is 12.3. The van der Waals surface area contributed by atoms with Crippen molar-refractivity contribution >= 4 is 23.7 Å². The molecule has 1 unspecified atom stereocenters. The molecule has 1 N–H and O–H groups in total. The molecule has 0 fully saturated rings. The Labute approximate surface area is 106 Å². The molecule has 0 aliphatic carbocycles. The first kappa shape index (κ1) is 15.8. The second-order valence-corrected chi connectivity index (χ2v) is 4.48. The minimum Gasteiger partial charge on any atom is -0.479 e. The minimum absolute atomic E-state index is 0.327. The summed E-state index contributed by atoms with van der Waals surface area (Å²) in [7, 11) is 0. The van der Waals surface area contributed by atoms with Crippen molar-refractivity contribution in [2.75, 3.05) is 11.5 Å². The monoisotopic (exact) mass is 258 g/mol. The Morgan fingerprint density at radius 2 is 2.18 bits per heavy atom. The number of aliphatic carboxylic acids is 1. The first-order chi connectivity index (χ1) is 8.11. The Morgan fingerprint density at radius 1 is 1.47 bits per heavy atom. The van der Waals surface area contributed by atoms with Crippen molar-refractivity contribution < 1.29 is 19.4 Å². The molecule has 0 amide bonds. The maximum atomic E-state index is 11.2. The number of carbonyl (C=O) groups excluding carboxylic acids is 1. The molecule has 17 heavy (non-hydrogen) atoms. The zero-order chi connectivity index (χ0) is 13.1. The molecule has 0 aromatic carbocycles. The highest BCUT2D eigenvalue weighted by molar-refractivity contribution is 7.99. The van der Waals surface area contributed by atoms with Gasteiger partial charge in [-0.05, 0) is 17.9 Å². The van der Waals surface area contributed by atoms with Crippen LogP contribution in [0.15, 0.2) is 24.8 Å². The lowest BCUT2D eigenvalue weighted by Crippen LogP contribution is -2.27. The highest BCUT2D eigenvalue weighted by atomic mass is 32.2. The van der Waals surface area contributed by atoms with Gasteiger partial charge in [-0.15, -0.1) is 0 Å². The Bertz CT molecular complexity index is 286. The van der Waals surface area contributed by atoms with E-state index in [0.29, 0.717) is 12.2 Å². The van der Waals surface area contributed by atoms with Crippen LogP contribution in [0.5, 0.6) is 0 Å². The lowest BCUT2D eigenvalue weighted by Gasteiger charge is -2.11. The molecule has 0 radical (unpaired) electrons. The number of hydrogen-bond acceptors (Lipinski definition) is 4. The van der Waals surface area contributed by atoms with Gasteiger partial charge in [0.15, 0.2) is 6.10 Å². The smallest absolute Gasteiger partial charge is 0.345 e. The van der Waals surface area contributed by atoms with Gasteiger partial charge in [0.1, 0.15) is 0 Å². The van der Waals surface area contributed by atoms with Gasteiger partial charge in [0, 0.05) is 12.5 Å². The van der Waals surface area contributed by atoms with Crippen molar-refractivity contribution in [1.82, 2.24) is 0 Å². The molecule has 0 aliphatic rings. The molecule has 0 saturated carbocycles. The summed E-state index contributed by atoms with van der Waals surface area (Å²) in [5.41, 5.74) is 0. The third-order valence-corrected chi connectivity index (χ3v) is 3.00. The predicted molar refractivity (Wildman–Crippen MR) is 69.1 cm³/mol. The predicted octanol–water partition coefficient (Wildman–Crippen LogP) is 2.26. The van der Waals surface area contributed by atoms with Crippen molar-refractivity contribution in [3.05, 3.63) is 24.8 Å². The Morgan fingerprint density at radius 3 is 2.71 bits per heavy atom. The lowest BCUT2D eigenvalue weighted by molar-refractivity contribution is -0.160. The molecular formula is C12H18O4S. The van der Waals surface area contributed by atoms with Gasteiger partial charge in [-0.25, -0.2) is 9.59 Å². The summed E-state index contributed by atoms with van der Waals surface area (Å²) in [6.45, 7) is 5.46. The molecular weight excluding hydrogens is 240 g/mol. The number of allylic oxidation sites excluding steroid dienone is 2. The van der Waals surface area contributed by atoms with Crippen molar-refractivity contribution in [2.24, 2.45) is 0 Å². The van der Waals surface area contributed by atoms with Crippen LogP contribution in [0.25, 0.3) is 0 Å². The number of hydrogen-bond donors (Lipinski definition) is 1. The van der Waals surface area contributed by atoms with Crippen molar-refractivity contribution in [2.45, 2.75) is 25.9 Å². The third-order valence-electron chi connectivity index (χ3n) is 1.78. The molecule has 96 valence electrons. The van der Waals surface area contributed by atoms with E-state index in [2.05, 4.69) is 13.5 Å². The number of carboxylic acid groups (broad SMARTS) is 1. The fourth-order valence-corrected chi connectivity index (χ4v) is 1.87. The molecule has 0 spiro atoms. The van der Waals surface area contributed by atoms with E-state index >= 15 is 0 Å². The van der Waals surface area contributed by atoms with Gasteiger partial charge in [-0.2, -0.15) is 11.8 Å². The van der Waals surface area contributed by atoms with E-state index in [1.54, 1.807) is 11.8 Å². The van der Waals surface area contributed by atoms with Gasteiger partial charge in [-0.3, -0.25) is 0 Å². The summed E-state index contributed by atoms with van der Waals surface area (Å²) in [6, 6.07) is 0. The van der Waals surface area contributed by atoms with Crippen LogP contribution in [0.3, 0.4) is 0 Å². The summed E-state index contributed by atoms with van der Waals surface area (Å²) in [5.74, 6) is -0.111. The Balaban J connectivity index is 4.06. The molecule has 0 aliphatic heterocycles. The van der Waals surface area contributed by atoms with Crippen molar-refractivity contribution in [3.8, 4) is 0 Å². The van der Waals surface area contributed by atoms with Crippen LogP contribution in [0.2, 0.25) is 0 Å². The topological polar surface area (TPSA) is 63.6 Å². The van der Waals surface area contributed by atoms with Crippen molar-refractivity contribution in [1.29, 1.82) is 0 Å². The maximum absolute atomic E-state index is 11.2. The van der Waals surface area contributed by atoms with Crippen LogP contribution in [-0.4, -0.2) is 34.7 Å². The molecule has 1 atom stereocenters. The molecule has 0 heterocycles. The summed E-state index contributed by atoms with van der Waals surface area (Å²) in [4.78, 5) is 22.0. The Hall–Kier alpha value is -1.23. The molecule has 0 aromatic rings. The van der Waals surface area contributed by atoms with Crippen LogP contribution < -0.4 is 0 Å². The average molecular weight is 258 g/mol. The van der Waals surface area contributed by atoms with Gasteiger partial charge in [-0.1, -0.05) is 25.7 Å². The molecule has 0 bridgehead atoms. The fourth-order valence-electron chi connectivity index (χ4n) is 0.996. The molecule has 4 nitrogen and oxygen atoms in total. The third kappa shape index (κ3) is 8.56. The van der Waals surface area contributed by atoms with E-state index in [9.17, 15) is 9.59 Å². The SMILES string of the molecule is C=CC=CC(=O)OC(CCSCCC)C(=O)O. The van der Waals surface area contributed by atoms with Crippen LogP contribution in [0.4, 0.5) is 0 Å². The highest BCUT2D eigenvalue weighted by Gasteiger charge is 2.20. The summed E-state index contributed by atoms with van der Waals surface area (Å²) >= 11 is 1.66. The van der Waals surface area contributed by atoms with Gasteiger partial charge >= 0.3 is 11.9 Å². The first-order valence-electron chi connectivity index (χ1n) is 5.42. The van der Waals surface area contributed by atoms with E-state index in [1.165, 1.54) is 12.2 Å². The fraction of sp³-hybridized carbons (Fsp3) is 0.500. The number of rotatable bonds is 9. The second kappa shape index (κ2) is 9.96. The zero-order valence-corrected chi connectivity index (χ0v) is 10.7. The maximum Gasteiger partial charge on any atom is 0.345 e. The van der Waals surface area contributed by atoms with E-state index in [-0.39, 0.29) is 0 Å². The van der Waals surface area contributed by atoms with Crippen molar-refractivity contribution in [3.63, 3.8) is 0 Å². The molecule has 0 aromatic heterocycles. The quantitative estimate of drug-likeness (QED) is 0.297. The number of carbonyl (C=O) groups is 2. The lowest BCUT2D eigenvalue weighted by atomic mass is 10.3. The number of carboxylic acids is 1. The van der Waals surface area contributed by atoms with Gasteiger partial charge in [0.05, 0.1) is 0 Å². The molecule has 5 heteroatoms. The Kier molecular flexibility index (Phi) is 9.24. The standard InChI is InChI=1S/C12H18O4S/c1-3-5-6-11(13)16-10(12(14)15)7-9-17-8-4-2/h3,5-6,10H,1,4,7-9H2,2H3,(H,14,15). The van der Waals surface area contributed by atoms with E-state index in [4.69, 9.17) is 9.84 Å². The molecule has 0 saturated heterocycles. The molecule has 0 rings (SSSR count). The second-order valence-electron chi connectivity index (χ2n) is 3.26. The number of esters is 1. The largest absolute Gasteiger partial charge is 0.479 e. The van der Waals surface area contributed by atoms with Crippen LogP contribution in [0.1, 0.15) is 19.8 Å². The number of thioether (sulfide) groups is 1. The zero-order valence-electron chi connectivity index (χ0n) is 9.93. The minimum atomic E-state index is -1.11. The van der Waals surface area contributed by atoms with Crippen LogP contribution >= 0.6 is 11.8 Å². The van der Waals surface area contributed by atoms with Crippen LogP contribution in [-0.2, 0) is 14.3 Å². The summed E-state index contributed by atoms with van der Waals surface area (Å²) in [6.07, 6.45) is 4.29. The van der Waals surface area contributed by atoms with Gasteiger partial charge in [0.2, 0.25) is 0 Å². The number of ether oxygens (including phenoxy) is 1. The highest BCUT2D eigenvalue weighted by Crippen LogP contribution is 2.09. The summed E-state index contributed by atoms with van der Waals surface area (Å²) < 4.78 is 4.81. The van der Waals surface area contributed by atoms with Gasteiger partial charge in [0.25, 0.3) is 0 Å². The average Bonchev–Trinajstić information content (AvgIpc) is 2.30.